The first-order chi connectivity index (χ1) is 5.42. The van der Waals surface area contributed by atoms with Gasteiger partial charge in [0.2, 0.25) is 0 Å². The van der Waals surface area contributed by atoms with Crippen molar-refractivity contribution in [2.45, 2.75) is 0 Å². The summed E-state index contributed by atoms with van der Waals surface area (Å²) in [6, 6.07) is 5.97. The Kier molecular flexibility index (Phi) is 1.28. The fourth-order valence-electron chi connectivity index (χ4n) is 1.16. The van der Waals surface area contributed by atoms with Gasteiger partial charge in [-0.05, 0) is 18.2 Å². The van der Waals surface area contributed by atoms with E-state index in [0.717, 1.165) is 11.2 Å². The zero-order valence-electron chi connectivity index (χ0n) is 6.28. The largest absolute Gasteiger partial charge is 0.386 e. The molecule has 2 aromatic heterocycles. The lowest BCUT2D eigenvalue weighted by Crippen LogP contribution is -1.92. The van der Waals surface area contributed by atoms with Crippen LogP contribution < -0.4 is 5.32 Å². The van der Waals surface area contributed by atoms with Gasteiger partial charge in [-0.2, -0.15) is 5.10 Å². The van der Waals surface area contributed by atoms with Crippen molar-refractivity contribution in [1.82, 2.24) is 9.61 Å². The summed E-state index contributed by atoms with van der Waals surface area (Å²) in [5, 5.41) is 7.20. The van der Waals surface area contributed by atoms with Gasteiger partial charge in [-0.25, -0.2) is 4.52 Å². The van der Waals surface area contributed by atoms with Crippen LogP contribution in [-0.4, -0.2) is 16.7 Å². The van der Waals surface area contributed by atoms with Gasteiger partial charge in [0.1, 0.15) is 0 Å². The Morgan fingerprint density at radius 1 is 1.45 bits per heavy atom. The smallest absolute Gasteiger partial charge is 0.0892 e. The lowest BCUT2D eigenvalue weighted by Gasteiger charge is -2.00. The van der Waals surface area contributed by atoms with Crippen LogP contribution in [0.1, 0.15) is 0 Å². The molecule has 2 aromatic rings. The monoisotopic (exact) mass is 147 g/mol. The Morgan fingerprint density at radius 2 is 2.36 bits per heavy atom. The molecule has 3 nitrogen and oxygen atoms in total. The predicted octanol–water partition coefficient (Wildman–Crippen LogP) is 1.38. The minimum atomic E-state index is 1.10. The number of rotatable bonds is 1. The molecule has 2 heterocycles. The fraction of sp³-hybridized carbons (Fsp3) is 0.125. The third kappa shape index (κ3) is 0.852. The molecule has 0 aliphatic rings. The second kappa shape index (κ2) is 2.27. The molecule has 0 saturated carbocycles. The van der Waals surface area contributed by atoms with E-state index in [-0.39, 0.29) is 0 Å². The molecular formula is C8H9N3. The Labute approximate surface area is 64.7 Å². The Hall–Kier alpha value is -1.51. The number of pyridine rings is 1. The molecule has 3 heteroatoms. The molecule has 56 valence electrons. The van der Waals surface area contributed by atoms with Crippen molar-refractivity contribution in [1.29, 1.82) is 0 Å². The van der Waals surface area contributed by atoms with Crippen molar-refractivity contribution < 1.29 is 0 Å². The van der Waals surface area contributed by atoms with Crippen LogP contribution in [0.25, 0.3) is 5.52 Å². The number of anilines is 1. The van der Waals surface area contributed by atoms with Gasteiger partial charge in [-0.1, -0.05) is 0 Å². The summed E-state index contributed by atoms with van der Waals surface area (Å²) in [7, 11) is 1.91. The van der Waals surface area contributed by atoms with Crippen LogP contribution in [0.15, 0.2) is 30.6 Å². The third-order valence-corrected chi connectivity index (χ3v) is 1.71. The maximum Gasteiger partial charge on any atom is 0.0892 e. The molecule has 0 atom stereocenters. The molecule has 0 bridgehead atoms. The summed E-state index contributed by atoms with van der Waals surface area (Å²) in [4.78, 5) is 0. The Bertz CT molecular complexity index is 364. The predicted molar refractivity (Wildman–Crippen MR) is 44.7 cm³/mol. The highest BCUT2D eigenvalue weighted by molar-refractivity contribution is 5.70. The standard InChI is InChI=1S/C8H9N3/c1-9-7-3-2-6-11-8(7)4-5-10-11/h2-6,9H,1H3. The van der Waals surface area contributed by atoms with Crippen molar-refractivity contribution in [2.24, 2.45) is 0 Å². The van der Waals surface area contributed by atoms with E-state index in [2.05, 4.69) is 10.4 Å². The van der Waals surface area contributed by atoms with Crippen LogP contribution in [0, 0.1) is 0 Å². The molecule has 0 aliphatic carbocycles. The van der Waals surface area contributed by atoms with Gasteiger partial charge in [0.15, 0.2) is 0 Å². The van der Waals surface area contributed by atoms with Gasteiger partial charge < -0.3 is 5.32 Å². The normalized spacial score (nSPS) is 10.3. The number of nitrogens with one attached hydrogen (secondary N) is 1. The van der Waals surface area contributed by atoms with Crippen LogP contribution in [0.3, 0.4) is 0 Å². The topological polar surface area (TPSA) is 29.3 Å². The molecule has 11 heavy (non-hydrogen) atoms. The maximum atomic E-state index is 4.10. The summed E-state index contributed by atoms with van der Waals surface area (Å²) in [5.41, 5.74) is 2.21. The highest BCUT2D eigenvalue weighted by atomic mass is 15.2. The van der Waals surface area contributed by atoms with E-state index < -0.39 is 0 Å². The molecule has 1 N–H and O–H groups in total. The van der Waals surface area contributed by atoms with E-state index in [0.29, 0.717) is 0 Å². The minimum absolute atomic E-state index is 1.10. The molecule has 0 aliphatic heterocycles. The van der Waals surface area contributed by atoms with Gasteiger partial charge >= 0.3 is 0 Å². The van der Waals surface area contributed by atoms with E-state index in [1.165, 1.54) is 0 Å². The number of nitrogens with zero attached hydrogens (tertiary/aromatic N) is 2. The lowest BCUT2D eigenvalue weighted by molar-refractivity contribution is 0.961. The van der Waals surface area contributed by atoms with Crippen LogP contribution in [0.2, 0.25) is 0 Å². The summed E-state index contributed by atoms with van der Waals surface area (Å²) >= 11 is 0. The van der Waals surface area contributed by atoms with Crippen molar-refractivity contribution in [3.63, 3.8) is 0 Å². The van der Waals surface area contributed by atoms with Gasteiger partial charge in [0, 0.05) is 13.2 Å². The number of fused-ring (bicyclic) bond motifs is 1. The molecule has 0 spiro atoms. The Balaban J connectivity index is 2.79. The molecule has 2 rings (SSSR count). The summed E-state index contributed by atoms with van der Waals surface area (Å²) in [5.74, 6) is 0. The Morgan fingerprint density at radius 3 is 3.18 bits per heavy atom. The average molecular weight is 147 g/mol. The summed E-state index contributed by atoms with van der Waals surface area (Å²) in [6.45, 7) is 0. The van der Waals surface area contributed by atoms with Crippen LogP contribution in [-0.2, 0) is 0 Å². The first kappa shape index (κ1) is 6.22. The highest BCUT2D eigenvalue weighted by Crippen LogP contribution is 2.13. The second-order valence-electron chi connectivity index (χ2n) is 2.33. The zero-order valence-corrected chi connectivity index (χ0v) is 6.28. The van der Waals surface area contributed by atoms with Gasteiger partial charge in [-0.3, -0.25) is 0 Å². The SMILES string of the molecule is CNc1cccn2nccc12. The first-order valence-electron chi connectivity index (χ1n) is 3.52. The lowest BCUT2D eigenvalue weighted by atomic mass is 10.3. The average Bonchev–Trinajstić information content (AvgIpc) is 2.50. The maximum absolute atomic E-state index is 4.10. The molecule has 0 amide bonds. The van der Waals surface area contributed by atoms with E-state index in [9.17, 15) is 0 Å². The molecule has 0 aromatic carbocycles. The molecular weight excluding hydrogens is 138 g/mol. The van der Waals surface area contributed by atoms with Crippen LogP contribution in [0.5, 0.6) is 0 Å². The van der Waals surface area contributed by atoms with E-state index >= 15 is 0 Å². The first-order valence-corrected chi connectivity index (χ1v) is 3.52. The molecule has 0 unspecified atom stereocenters. The fourth-order valence-corrected chi connectivity index (χ4v) is 1.16. The van der Waals surface area contributed by atoms with Gasteiger partial charge in [-0.15, -0.1) is 0 Å². The summed E-state index contributed by atoms with van der Waals surface area (Å²) in [6.07, 6.45) is 3.71. The highest BCUT2D eigenvalue weighted by Gasteiger charge is 1.96. The van der Waals surface area contributed by atoms with E-state index in [1.807, 2.05) is 36.0 Å². The number of aromatic nitrogens is 2. The number of hydrogen-bond acceptors (Lipinski definition) is 2. The third-order valence-electron chi connectivity index (χ3n) is 1.71. The van der Waals surface area contributed by atoms with Crippen molar-refractivity contribution in [2.75, 3.05) is 12.4 Å². The molecule has 0 fully saturated rings. The summed E-state index contributed by atoms with van der Waals surface area (Å²) < 4.78 is 1.84. The molecule has 0 radical (unpaired) electrons. The van der Waals surface area contributed by atoms with Gasteiger partial charge in [0.25, 0.3) is 0 Å². The second-order valence-corrected chi connectivity index (χ2v) is 2.33. The van der Waals surface area contributed by atoms with E-state index in [1.54, 1.807) is 6.20 Å². The van der Waals surface area contributed by atoms with Gasteiger partial charge in [0.05, 0.1) is 17.4 Å². The quantitative estimate of drug-likeness (QED) is 0.660. The van der Waals surface area contributed by atoms with E-state index in [4.69, 9.17) is 0 Å². The van der Waals surface area contributed by atoms with Crippen LogP contribution >= 0.6 is 0 Å². The molecule has 0 saturated heterocycles. The van der Waals surface area contributed by atoms with Crippen molar-refractivity contribution in [3.8, 4) is 0 Å². The van der Waals surface area contributed by atoms with Crippen LogP contribution in [0.4, 0.5) is 5.69 Å². The van der Waals surface area contributed by atoms with Crippen molar-refractivity contribution >= 4 is 11.2 Å². The van der Waals surface area contributed by atoms with Crippen molar-refractivity contribution in [3.05, 3.63) is 30.6 Å². The zero-order chi connectivity index (χ0) is 7.68. The minimum Gasteiger partial charge on any atom is -0.386 e. The number of hydrogen-bond donors (Lipinski definition) is 1.